The van der Waals surface area contributed by atoms with E-state index in [4.69, 9.17) is 0 Å². The number of thioether (sulfide) groups is 1. The summed E-state index contributed by atoms with van der Waals surface area (Å²) in [7, 11) is 0. The maximum absolute atomic E-state index is 12.4. The maximum atomic E-state index is 12.4. The van der Waals surface area contributed by atoms with Crippen molar-refractivity contribution >= 4 is 17.7 Å². The van der Waals surface area contributed by atoms with Crippen molar-refractivity contribution in [2.45, 2.75) is 65.5 Å². The molecule has 0 radical (unpaired) electrons. The lowest BCUT2D eigenvalue weighted by Gasteiger charge is -2.25. The molecule has 2 aliphatic rings. The molecular weight excluding hydrogens is 385 g/mol. The summed E-state index contributed by atoms with van der Waals surface area (Å²) in [5.41, 5.74) is -0.672. The number of carbonyl (C=O) groups is 1. The minimum Gasteiger partial charge on any atom is -0.352 e. The molecule has 0 spiro atoms. The third kappa shape index (κ3) is 9.80. The van der Waals surface area contributed by atoms with E-state index in [-0.39, 0.29) is 17.2 Å². The molecule has 0 aliphatic heterocycles. The summed E-state index contributed by atoms with van der Waals surface area (Å²) in [5, 5.41) is 2.74. The van der Waals surface area contributed by atoms with Crippen molar-refractivity contribution in [2.24, 2.45) is 11.8 Å². The Labute approximate surface area is 171 Å². The third-order valence-corrected chi connectivity index (χ3v) is 5.49. The number of rotatable bonds is 5. The van der Waals surface area contributed by atoms with Gasteiger partial charge >= 0.3 is 6.18 Å². The summed E-state index contributed by atoms with van der Waals surface area (Å²) in [4.78, 5) is 15.3. The molecule has 0 bridgehead atoms. The van der Waals surface area contributed by atoms with Gasteiger partial charge in [0.15, 0.2) is 0 Å². The Kier molecular flexibility index (Phi) is 10.9. The van der Waals surface area contributed by atoms with Gasteiger partial charge in [-0.2, -0.15) is 24.9 Å². The second-order valence-corrected chi connectivity index (χ2v) is 8.50. The van der Waals surface area contributed by atoms with Gasteiger partial charge < -0.3 is 5.32 Å². The fourth-order valence-corrected chi connectivity index (χ4v) is 2.77. The third-order valence-electron chi connectivity index (χ3n) is 4.67. The number of alkyl halides is 3. The highest BCUT2D eigenvalue weighted by molar-refractivity contribution is 7.98. The van der Waals surface area contributed by atoms with E-state index < -0.39 is 11.9 Å². The first kappa shape index (κ1) is 24.8. The summed E-state index contributed by atoms with van der Waals surface area (Å²) in [6.07, 6.45) is 5.31. The van der Waals surface area contributed by atoms with E-state index in [9.17, 15) is 18.0 Å². The molecule has 0 saturated heterocycles. The number of carbonyl (C=O) groups excluding carboxylic acids is 1. The number of nitrogens with one attached hydrogen (secondary N) is 1. The Morgan fingerprint density at radius 2 is 1.86 bits per heavy atom. The first-order valence-electron chi connectivity index (χ1n) is 10.0. The van der Waals surface area contributed by atoms with Crippen molar-refractivity contribution in [3.05, 3.63) is 29.1 Å². The normalized spacial score (nSPS) is 16.1. The van der Waals surface area contributed by atoms with Gasteiger partial charge in [0.05, 0.1) is 11.3 Å². The van der Waals surface area contributed by atoms with E-state index in [0.29, 0.717) is 12.5 Å². The zero-order valence-electron chi connectivity index (χ0n) is 17.4. The topological polar surface area (TPSA) is 42.0 Å². The Hall–Kier alpha value is -1.24. The molecule has 2 fully saturated rings. The molecule has 1 N–H and O–H groups in total. The van der Waals surface area contributed by atoms with Gasteiger partial charge in [-0.3, -0.25) is 4.79 Å². The van der Waals surface area contributed by atoms with E-state index in [0.717, 1.165) is 24.8 Å². The lowest BCUT2D eigenvalue weighted by molar-refractivity contribution is -0.141. The van der Waals surface area contributed by atoms with Crippen LogP contribution < -0.4 is 5.32 Å². The van der Waals surface area contributed by atoms with Crippen LogP contribution in [-0.2, 0) is 6.18 Å². The molecule has 1 heterocycles. The highest BCUT2D eigenvalue weighted by atomic mass is 32.2. The Balaban J connectivity index is 0.000000359. The van der Waals surface area contributed by atoms with Crippen molar-refractivity contribution < 1.29 is 18.0 Å². The van der Waals surface area contributed by atoms with Crippen LogP contribution in [0, 0.1) is 18.8 Å². The predicted molar refractivity (Wildman–Crippen MR) is 111 cm³/mol. The second-order valence-electron chi connectivity index (χ2n) is 7.51. The number of aromatic nitrogens is 1. The summed E-state index contributed by atoms with van der Waals surface area (Å²) in [6.45, 7) is 6.46. The summed E-state index contributed by atoms with van der Waals surface area (Å²) in [6, 6.07) is 2.02. The van der Waals surface area contributed by atoms with Gasteiger partial charge in [-0.1, -0.05) is 33.1 Å². The molecule has 1 aromatic rings. The lowest BCUT2D eigenvalue weighted by Crippen LogP contribution is -2.32. The van der Waals surface area contributed by atoms with Crippen LogP contribution >= 0.6 is 11.8 Å². The Morgan fingerprint density at radius 3 is 2.18 bits per heavy atom. The first-order valence-corrected chi connectivity index (χ1v) is 11.4. The fourth-order valence-electron chi connectivity index (χ4n) is 2.36. The number of aryl methyl sites for hydroxylation is 1. The molecule has 0 atom stereocenters. The van der Waals surface area contributed by atoms with E-state index in [1.165, 1.54) is 44.4 Å². The monoisotopic (exact) mass is 418 g/mol. The molecule has 2 saturated carbocycles. The standard InChI is InChI=1S/C13H15F3N2O.C4H10S.C4H8/c1-8-10(5-6-11(18-8)13(14,15)16)12(19)17-7-9-3-2-4-9;1-3-4-5-2;1-4-2-3-4/h5-6,9H,2-4,7H2,1H3,(H,17,19);3-4H2,1-2H3;4H,2-3H2,1H3. The van der Waals surface area contributed by atoms with Gasteiger partial charge in [-0.05, 0) is 62.2 Å². The number of nitrogens with zero attached hydrogens (tertiary/aromatic N) is 1. The molecule has 0 unspecified atom stereocenters. The smallest absolute Gasteiger partial charge is 0.352 e. The summed E-state index contributed by atoms with van der Waals surface area (Å²) < 4.78 is 37.3. The van der Waals surface area contributed by atoms with Gasteiger partial charge in [0.25, 0.3) is 5.91 Å². The predicted octanol–water partition coefficient (Wildman–Crippen LogP) is 6.11. The van der Waals surface area contributed by atoms with Crippen LogP contribution in [0.15, 0.2) is 12.1 Å². The zero-order valence-corrected chi connectivity index (χ0v) is 18.2. The number of hydrogen-bond acceptors (Lipinski definition) is 3. The highest BCUT2D eigenvalue weighted by Crippen LogP contribution is 2.28. The summed E-state index contributed by atoms with van der Waals surface area (Å²) >= 11 is 1.90. The van der Waals surface area contributed by atoms with Crippen LogP contribution in [-0.4, -0.2) is 29.4 Å². The van der Waals surface area contributed by atoms with Gasteiger partial charge in [0, 0.05) is 6.54 Å². The molecular formula is C21H33F3N2OS. The number of hydrogen-bond donors (Lipinski definition) is 1. The van der Waals surface area contributed by atoms with Gasteiger partial charge in [0.1, 0.15) is 5.69 Å². The van der Waals surface area contributed by atoms with Gasteiger partial charge in [-0.15, -0.1) is 0 Å². The molecule has 1 aromatic heterocycles. The second kappa shape index (κ2) is 12.3. The highest BCUT2D eigenvalue weighted by Gasteiger charge is 2.33. The fraction of sp³-hybridized carbons (Fsp3) is 0.714. The first-order chi connectivity index (χ1) is 13.2. The minimum atomic E-state index is -4.48. The maximum Gasteiger partial charge on any atom is 0.433 e. The Bertz CT molecular complexity index is 598. The van der Waals surface area contributed by atoms with Crippen molar-refractivity contribution in [1.82, 2.24) is 10.3 Å². The van der Waals surface area contributed by atoms with Crippen LogP contribution in [0.25, 0.3) is 0 Å². The molecule has 3 nitrogen and oxygen atoms in total. The largest absolute Gasteiger partial charge is 0.433 e. The van der Waals surface area contributed by atoms with Crippen molar-refractivity contribution in [3.63, 3.8) is 0 Å². The minimum absolute atomic E-state index is 0.0981. The quantitative estimate of drug-likeness (QED) is 0.627. The van der Waals surface area contributed by atoms with Crippen molar-refractivity contribution in [1.29, 1.82) is 0 Å². The molecule has 0 aromatic carbocycles. The van der Waals surface area contributed by atoms with Crippen LogP contribution in [0.3, 0.4) is 0 Å². The average molecular weight is 419 g/mol. The SMILES string of the molecule is CC1CC1.CCCSC.Cc1nc(C(F)(F)F)ccc1C(=O)NCC1CCC1. The van der Waals surface area contributed by atoms with E-state index in [1.807, 2.05) is 11.8 Å². The molecule has 28 heavy (non-hydrogen) atoms. The Morgan fingerprint density at radius 1 is 1.25 bits per heavy atom. The van der Waals surface area contributed by atoms with Crippen LogP contribution in [0.5, 0.6) is 0 Å². The van der Waals surface area contributed by atoms with Crippen LogP contribution in [0.2, 0.25) is 0 Å². The van der Waals surface area contributed by atoms with E-state index in [2.05, 4.69) is 30.4 Å². The zero-order chi connectivity index (χ0) is 21.2. The van der Waals surface area contributed by atoms with Gasteiger partial charge in [0.2, 0.25) is 0 Å². The number of amides is 1. The van der Waals surface area contributed by atoms with Gasteiger partial charge in [-0.25, -0.2) is 4.98 Å². The molecule has 2 aliphatic carbocycles. The number of pyridine rings is 1. The molecule has 1 amide bonds. The van der Waals surface area contributed by atoms with Crippen LogP contribution in [0.1, 0.15) is 74.1 Å². The molecule has 7 heteroatoms. The average Bonchev–Trinajstić information content (AvgIpc) is 3.36. The van der Waals surface area contributed by atoms with Crippen LogP contribution in [0.4, 0.5) is 13.2 Å². The molecule has 3 rings (SSSR count). The summed E-state index contributed by atoms with van der Waals surface area (Å²) in [5.74, 6) is 2.54. The number of halogens is 3. The van der Waals surface area contributed by atoms with Crippen molar-refractivity contribution in [3.8, 4) is 0 Å². The van der Waals surface area contributed by atoms with Crippen molar-refractivity contribution in [2.75, 3.05) is 18.6 Å². The van der Waals surface area contributed by atoms with E-state index in [1.54, 1.807) is 0 Å². The van der Waals surface area contributed by atoms with E-state index >= 15 is 0 Å². The lowest BCUT2D eigenvalue weighted by atomic mass is 9.85. The molecule has 160 valence electrons.